The van der Waals surface area contributed by atoms with Crippen molar-refractivity contribution >= 4 is 76.4 Å². The Morgan fingerprint density at radius 2 is 1.34 bits per heavy atom. The summed E-state index contributed by atoms with van der Waals surface area (Å²) in [6.45, 7) is 7.58. The number of piperidine rings is 1. The zero-order valence-corrected chi connectivity index (χ0v) is 70.0. The van der Waals surface area contributed by atoms with Gasteiger partial charge >= 0.3 is 6.36 Å². The fourth-order valence-corrected chi connectivity index (χ4v) is 16.3. The van der Waals surface area contributed by atoms with E-state index >= 15 is 24.0 Å². The van der Waals surface area contributed by atoms with Gasteiger partial charge in [0, 0.05) is 61.4 Å². The van der Waals surface area contributed by atoms with Crippen LogP contribution in [0.2, 0.25) is 10.0 Å². The number of aliphatic hydroxyl groups is 6. The summed E-state index contributed by atoms with van der Waals surface area (Å²) in [5.41, 5.74) is 4.41. The number of halogens is 5. The Morgan fingerprint density at radius 1 is 0.714 bits per heavy atom. The maximum Gasteiger partial charge on any atom is 0.573 e. The first-order valence-corrected chi connectivity index (χ1v) is 40.8. The second-order valence-electron chi connectivity index (χ2n) is 31.9. The van der Waals surface area contributed by atoms with E-state index in [9.17, 15) is 78.3 Å². The van der Waals surface area contributed by atoms with Crippen LogP contribution in [0.4, 0.5) is 13.2 Å². The highest BCUT2D eigenvalue weighted by Gasteiger charge is 2.53. The van der Waals surface area contributed by atoms with E-state index < -0.39 is 249 Å². The van der Waals surface area contributed by atoms with Crippen LogP contribution in [0.25, 0.3) is 11.1 Å². The van der Waals surface area contributed by atoms with E-state index in [1.54, 1.807) is 13.8 Å². The lowest BCUT2D eigenvalue weighted by Crippen LogP contribution is -2.66. The molecule has 680 valence electrons. The van der Waals surface area contributed by atoms with E-state index in [0.29, 0.717) is 38.0 Å². The van der Waals surface area contributed by atoms with Crippen molar-refractivity contribution in [3.05, 3.63) is 147 Å². The lowest BCUT2D eigenvalue weighted by molar-refractivity contribution is -0.334. The first kappa shape index (κ1) is 94.1. The van der Waals surface area contributed by atoms with Crippen LogP contribution in [0.5, 0.6) is 51.7 Å². The van der Waals surface area contributed by atoms with Gasteiger partial charge in [-0.2, -0.15) is 0 Å². The molecule has 43 heteroatoms. The van der Waals surface area contributed by atoms with Crippen molar-refractivity contribution in [3.63, 3.8) is 0 Å². The number of nitrogens with one attached hydrogen (secondary N) is 10. The van der Waals surface area contributed by atoms with Gasteiger partial charge in [0.2, 0.25) is 59.3 Å². The van der Waals surface area contributed by atoms with Crippen molar-refractivity contribution in [2.75, 3.05) is 46.9 Å². The maximum atomic E-state index is 16.3. The summed E-state index contributed by atoms with van der Waals surface area (Å²) in [4.78, 5) is 140. The minimum atomic E-state index is -4.88. The number of hydrogen-bond acceptors (Lipinski definition) is 29. The average Bonchev–Trinajstić information content (AvgIpc) is 0.764. The molecule has 18 atom stereocenters. The number of hydroxylamine groups is 1. The molecule has 9 amide bonds. The Labute approximate surface area is 727 Å². The quantitative estimate of drug-likeness (QED) is 0.0432. The highest BCUT2D eigenvalue weighted by molar-refractivity contribution is 6.32. The van der Waals surface area contributed by atoms with Crippen molar-refractivity contribution in [2.24, 2.45) is 11.7 Å². The van der Waals surface area contributed by atoms with Gasteiger partial charge in [-0.25, -0.2) is 5.48 Å². The third kappa shape index (κ3) is 22.0. The Hall–Kier alpha value is -11.0. The average molecular weight is 1810 g/mol. The molecule has 0 spiro atoms. The van der Waals surface area contributed by atoms with Crippen molar-refractivity contribution in [1.29, 1.82) is 0 Å². The molecule has 0 aromatic heterocycles. The number of alkyl halides is 3. The number of aliphatic hydroxyl groups excluding tert-OH is 6. The van der Waals surface area contributed by atoms with Crippen molar-refractivity contribution in [3.8, 4) is 62.9 Å². The van der Waals surface area contributed by atoms with Crippen LogP contribution in [0.3, 0.4) is 0 Å². The second-order valence-corrected chi connectivity index (χ2v) is 32.8. The van der Waals surface area contributed by atoms with Gasteiger partial charge in [-0.1, -0.05) is 67.4 Å². The topological polar surface area (TPSA) is 559 Å². The van der Waals surface area contributed by atoms with E-state index in [2.05, 4.69) is 63.0 Å². The van der Waals surface area contributed by atoms with Gasteiger partial charge in [-0.15, -0.1) is 13.2 Å². The van der Waals surface area contributed by atoms with Crippen molar-refractivity contribution < 1.29 is 140 Å². The summed E-state index contributed by atoms with van der Waals surface area (Å²) in [6, 6.07) is 4.39. The zero-order chi connectivity index (χ0) is 91.2. The van der Waals surface area contributed by atoms with Crippen LogP contribution in [0, 0.1) is 5.92 Å². The SMILES string of the molecule is CNC(CC(C)C)C(=O)NC1C(=O)NC(CC(N)=O)C(=O)NC2C(=O)NC3C(=O)NC(C(=O)NC(C(=O)NOC)c4cc(O)cc(O)c4-c4cc3ccc4O)C(O)c3ccc(c(Cl)c3)Oc3cc2cc(c3OC2OC(CO)C(O)C(O)C2OC2CC(C)(NCCN3CCC(NC(=O)Cc4ccc(OC(F)(F)F)cc4)CC3)C(O)C(C)O2)Oc2ccc(cc2Cl)C1O. The number of hydrogen-bond donors (Lipinski definition) is 20. The number of carbonyl (C=O) groups is 9. The van der Waals surface area contributed by atoms with Crippen molar-refractivity contribution in [1.82, 2.24) is 58.2 Å². The van der Waals surface area contributed by atoms with E-state index in [1.807, 2.05) is 13.8 Å². The van der Waals surface area contributed by atoms with Crippen LogP contribution in [0.15, 0.2) is 103 Å². The monoisotopic (exact) mass is 1800 g/mol. The summed E-state index contributed by atoms with van der Waals surface area (Å²) in [5.74, 6) is -16.2. The molecule has 3 saturated heterocycles. The summed E-state index contributed by atoms with van der Waals surface area (Å²) in [6.07, 6.45) is -22.9. The number of nitrogens with zero attached hydrogens (tertiary/aromatic N) is 1. The number of primary amides is 1. The molecule has 126 heavy (non-hydrogen) atoms. The predicted molar refractivity (Wildman–Crippen MR) is 435 cm³/mol. The fraction of sp³-hybridized carbons (Fsp3) is 0.458. The number of likely N-dealkylation sites (N-methyl/N-ethyl adjacent to an activating group) is 1. The zero-order valence-electron chi connectivity index (χ0n) is 68.4. The smallest absolute Gasteiger partial charge is 0.508 e. The third-order valence-corrected chi connectivity index (χ3v) is 23.0. The van der Waals surface area contributed by atoms with Gasteiger partial charge in [-0.3, -0.25) is 48.0 Å². The number of aromatic hydroxyl groups is 3. The van der Waals surface area contributed by atoms with Crippen LogP contribution in [-0.4, -0.2) is 242 Å². The number of benzene rings is 6. The standard InChI is InChI=1S/C83H97Cl2F3N12O26/c1-35(2)23-49(90-5)74(112)97-65-67(107)39-10-15-53(47(84)26-39)121-55-28-41-29-56(71(55)125-81-72(70(110)69(109)57(34-101)123-81)124-60-33-82(4,73(111)36(3)120-60)91-19-22-100-20-17-42(18-21-100)92-59(106)24-37-7-12-44(13-8-37)126-83(86,87)88)122-54-16-11-40(27-48(54)85)68(108)66-79(117)96-64(80(118)99-119-6)46-30-43(102)31-52(104)61(46)45-25-38(9-14-51(45)103)62(76(114)98-66)95-77(115)63(41)94-75(113)50(32-58(89)105)93-78(65)116/h7-16,25-31,35-36,42,49-50,57,60,62-70,72-73,81,90-91,101-104,107-111H,17-24,32-34H2,1-6H3,(H2,89,105)(H,92,106)(H,93,116)(H,94,113)(H,95,115)(H,96,117)(H,97,112)(H,98,114)(H,99,118). The minimum absolute atomic E-state index is 0.0907. The molecule has 6 aromatic carbocycles. The Balaban J connectivity index is 0.959. The highest BCUT2D eigenvalue weighted by Crippen LogP contribution is 2.50. The van der Waals surface area contributed by atoms with E-state index in [1.165, 1.54) is 31.3 Å². The Morgan fingerprint density at radius 3 is 1.95 bits per heavy atom. The summed E-state index contributed by atoms with van der Waals surface area (Å²) in [7, 11) is 2.50. The molecule has 18 unspecified atom stereocenters. The van der Waals surface area contributed by atoms with Crippen LogP contribution in [0.1, 0.15) is 124 Å². The van der Waals surface area contributed by atoms with Gasteiger partial charge < -0.3 is 138 Å². The van der Waals surface area contributed by atoms with E-state index in [0.717, 1.165) is 86.0 Å². The van der Waals surface area contributed by atoms with Gasteiger partial charge in [-0.05, 0) is 146 Å². The molecule has 0 saturated carbocycles. The maximum absolute atomic E-state index is 16.3. The summed E-state index contributed by atoms with van der Waals surface area (Å²) in [5, 5.41) is 130. The number of rotatable bonds is 22. The third-order valence-electron chi connectivity index (χ3n) is 22.4. The first-order valence-electron chi connectivity index (χ1n) is 40.1. The predicted octanol–water partition coefficient (Wildman–Crippen LogP) is 2.05. The van der Waals surface area contributed by atoms with E-state index in [4.69, 9.17) is 62.2 Å². The lowest BCUT2D eigenvalue weighted by Gasteiger charge is -2.48. The molecular formula is C83H97Cl2F3N12O26. The molecular weight excluding hydrogens is 1710 g/mol. The van der Waals surface area contributed by atoms with Gasteiger partial charge in [0.1, 0.15) is 101 Å². The largest absolute Gasteiger partial charge is 0.573 e. The number of phenols is 3. The molecule has 0 aliphatic carbocycles. The second kappa shape index (κ2) is 39.9. The van der Waals surface area contributed by atoms with Gasteiger partial charge in [0.25, 0.3) is 5.91 Å². The number of fused-ring (bicyclic) bond motifs is 15. The summed E-state index contributed by atoms with van der Waals surface area (Å²) >= 11 is 14.4. The van der Waals surface area contributed by atoms with E-state index in [-0.39, 0.29) is 71.1 Å². The molecule has 14 rings (SSSR count). The molecule has 6 aromatic rings. The number of likely N-dealkylation sites (tertiary alicyclic amines) is 1. The van der Waals surface area contributed by atoms with Crippen LogP contribution >= 0.6 is 23.2 Å². The number of ether oxygens (including phenoxy) is 7. The number of phenolic OH excluding ortho intramolecular Hbond substituents is 3. The molecule has 38 nitrogen and oxygen atoms in total. The Bertz CT molecular complexity index is 5060. The molecule has 11 bridgehead atoms. The molecule has 8 heterocycles. The summed E-state index contributed by atoms with van der Waals surface area (Å²) < 4.78 is 81.7. The van der Waals surface area contributed by atoms with Crippen molar-refractivity contribution in [2.45, 2.75) is 188 Å². The van der Waals surface area contributed by atoms with Crippen LogP contribution < -0.4 is 78.0 Å². The molecule has 8 aliphatic heterocycles. The molecule has 21 N–H and O–H groups in total. The van der Waals surface area contributed by atoms with Gasteiger partial charge in [0.05, 0.1) is 54.9 Å². The Kier molecular flexibility index (Phi) is 29.8. The first-order chi connectivity index (χ1) is 59.7. The molecule has 0 radical (unpaired) electrons. The number of carbonyl (C=O) groups excluding carboxylic acids is 9. The van der Waals surface area contributed by atoms with Crippen LogP contribution in [-0.2, 0) is 68.6 Å². The molecule has 3 fully saturated rings. The fourth-order valence-electron chi connectivity index (χ4n) is 15.9. The lowest BCUT2D eigenvalue weighted by atomic mass is 9.85. The molecule has 8 aliphatic rings. The normalized spacial score (nSPS) is 27.0. The minimum Gasteiger partial charge on any atom is -0.508 e. The number of nitrogens with two attached hydrogens (primary N) is 1. The van der Waals surface area contributed by atoms with Gasteiger partial charge in [0.15, 0.2) is 23.9 Å². The number of amides is 9. The highest BCUT2D eigenvalue weighted by atomic mass is 35.5.